The van der Waals surface area contributed by atoms with E-state index in [0.717, 1.165) is 41.4 Å². The van der Waals surface area contributed by atoms with Crippen LogP contribution in [0, 0.1) is 13.8 Å². The molecule has 0 spiro atoms. The minimum Gasteiger partial charge on any atom is -0.472 e. The summed E-state index contributed by atoms with van der Waals surface area (Å²) in [4.78, 5) is 9.13. The average molecular weight is 231 g/mol. The van der Waals surface area contributed by atoms with Crippen LogP contribution in [0.3, 0.4) is 0 Å². The number of anilines is 1. The van der Waals surface area contributed by atoms with Crippen molar-refractivity contribution in [1.82, 2.24) is 9.97 Å². The van der Waals surface area contributed by atoms with E-state index in [1.165, 1.54) is 0 Å². The maximum absolute atomic E-state index is 5.10. The van der Waals surface area contributed by atoms with Gasteiger partial charge in [-0.3, -0.25) is 0 Å². The lowest BCUT2D eigenvalue weighted by molar-refractivity contribution is 0.568. The molecule has 17 heavy (non-hydrogen) atoms. The predicted octanol–water partition coefficient (Wildman–Crippen LogP) is 3.18. The maximum Gasteiger partial charge on any atom is 0.153 e. The largest absolute Gasteiger partial charge is 0.472 e. The highest BCUT2D eigenvalue weighted by atomic mass is 16.3. The predicted molar refractivity (Wildman–Crippen MR) is 68.0 cm³/mol. The summed E-state index contributed by atoms with van der Waals surface area (Å²) in [5.74, 6) is 0.830. The van der Waals surface area contributed by atoms with Crippen LogP contribution in [0.5, 0.6) is 0 Å². The van der Waals surface area contributed by atoms with Gasteiger partial charge >= 0.3 is 0 Å². The molecule has 0 radical (unpaired) electrons. The van der Waals surface area contributed by atoms with Gasteiger partial charge in [0, 0.05) is 12.1 Å². The number of furan rings is 1. The van der Waals surface area contributed by atoms with E-state index in [0.29, 0.717) is 0 Å². The Morgan fingerprint density at radius 1 is 1.24 bits per heavy atom. The Kier molecular flexibility index (Phi) is 3.42. The third-order valence-corrected chi connectivity index (χ3v) is 2.64. The Morgan fingerprint density at radius 2 is 2.00 bits per heavy atom. The Hall–Kier alpha value is -1.84. The minimum atomic E-state index is 0.830. The van der Waals surface area contributed by atoms with Crippen molar-refractivity contribution in [1.29, 1.82) is 0 Å². The number of hydrogen-bond donors (Lipinski definition) is 1. The fourth-order valence-corrected chi connectivity index (χ4v) is 1.57. The molecule has 0 aliphatic heterocycles. The molecule has 0 saturated heterocycles. The van der Waals surface area contributed by atoms with Gasteiger partial charge in [0.25, 0.3) is 0 Å². The summed E-state index contributed by atoms with van der Waals surface area (Å²) in [6.07, 6.45) is 4.39. The number of aromatic nitrogens is 2. The van der Waals surface area contributed by atoms with Crippen molar-refractivity contribution in [3.05, 3.63) is 30.0 Å². The SMILES string of the molecule is CCCNc1nc(C)c(C)nc1-c1ccoc1. The summed E-state index contributed by atoms with van der Waals surface area (Å²) in [6.45, 7) is 6.95. The number of rotatable bonds is 4. The van der Waals surface area contributed by atoms with Crippen LogP contribution < -0.4 is 5.32 Å². The second-order valence-electron chi connectivity index (χ2n) is 4.03. The van der Waals surface area contributed by atoms with Crippen LogP contribution in [0.1, 0.15) is 24.7 Å². The lowest BCUT2D eigenvalue weighted by Gasteiger charge is -2.11. The van der Waals surface area contributed by atoms with Crippen molar-refractivity contribution in [2.75, 3.05) is 11.9 Å². The molecule has 0 atom stereocenters. The molecular formula is C13H17N3O. The van der Waals surface area contributed by atoms with E-state index in [9.17, 15) is 0 Å². The fourth-order valence-electron chi connectivity index (χ4n) is 1.57. The summed E-state index contributed by atoms with van der Waals surface area (Å²) >= 11 is 0. The third-order valence-electron chi connectivity index (χ3n) is 2.64. The quantitative estimate of drug-likeness (QED) is 0.878. The molecule has 2 aromatic rings. The molecule has 0 bridgehead atoms. The van der Waals surface area contributed by atoms with Gasteiger partial charge in [0.15, 0.2) is 5.82 Å². The van der Waals surface area contributed by atoms with Crippen molar-refractivity contribution in [2.24, 2.45) is 0 Å². The molecule has 0 fully saturated rings. The summed E-state index contributed by atoms with van der Waals surface area (Å²) in [6, 6.07) is 1.90. The molecule has 90 valence electrons. The van der Waals surface area contributed by atoms with Gasteiger partial charge in [0.05, 0.1) is 23.9 Å². The highest BCUT2D eigenvalue weighted by Crippen LogP contribution is 2.25. The van der Waals surface area contributed by atoms with Crippen molar-refractivity contribution >= 4 is 5.82 Å². The first kappa shape index (κ1) is 11.6. The Morgan fingerprint density at radius 3 is 2.65 bits per heavy atom. The van der Waals surface area contributed by atoms with Crippen LogP contribution in [0.15, 0.2) is 23.0 Å². The molecular weight excluding hydrogens is 214 g/mol. The zero-order valence-electron chi connectivity index (χ0n) is 10.4. The van der Waals surface area contributed by atoms with Gasteiger partial charge in [0.1, 0.15) is 5.69 Å². The highest BCUT2D eigenvalue weighted by molar-refractivity contribution is 5.70. The van der Waals surface area contributed by atoms with Gasteiger partial charge in [-0.15, -0.1) is 0 Å². The van der Waals surface area contributed by atoms with Gasteiger partial charge in [-0.05, 0) is 26.3 Å². The van der Waals surface area contributed by atoms with E-state index in [1.54, 1.807) is 12.5 Å². The Labute approximate surface area is 101 Å². The molecule has 2 rings (SSSR count). The fraction of sp³-hybridized carbons (Fsp3) is 0.385. The molecule has 0 aliphatic rings. The van der Waals surface area contributed by atoms with Crippen molar-refractivity contribution in [2.45, 2.75) is 27.2 Å². The smallest absolute Gasteiger partial charge is 0.153 e. The van der Waals surface area contributed by atoms with Crippen molar-refractivity contribution < 1.29 is 4.42 Å². The Bertz CT molecular complexity index is 492. The van der Waals surface area contributed by atoms with Gasteiger partial charge in [-0.25, -0.2) is 9.97 Å². The van der Waals surface area contributed by atoms with E-state index in [1.807, 2.05) is 19.9 Å². The van der Waals surface area contributed by atoms with Gasteiger partial charge in [-0.1, -0.05) is 6.92 Å². The number of nitrogens with one attached hydrogen (secondary N) is 1. The van der Waals surface area contributed by atoms with Crippen LogP contribution in [-0.2, 0) is 0 Å². The van der Waals surface area contributed by atoms with E-state index < -0.39 is 0 Å². The van der Waals surface area contributed by atoms with Crippen LogP contribution >= 0.6 is 0 Å². The first-order valence-corrected chi connectivity index (χ1v) is 5.84. The standard InChI is InChI=1S/C13H17N3O/c1-4-6-14-13-12(11-5-7-17-8-11)15-9(2)10(3)16-13/h5,7-8H,4,6H2,1-3H3,(H,14,16). The van der Waals surface area contributed by atoms with Crippen molar-refractivity contribution in [3.8, 4) is 11.3 Å². The lowest BCUT2D eigenvalue weighted by Crippen LogP contribution is -2.07. The maximum atomic E-state index is 5.10. The van der Waals surface area contributed by atoms with E-state index >= 15 is 0 Å². The first-order chi connectivity index (χ1) is 8.22. The number of nitrogens with zero attached hydrogens (tertiary/aromatic N) is 2. The second kappa shape index (κ2) is 4.99. The molecule has 2 heterocycles. The number of hydrogen-bond acceptors (Lipinski definition) is 4. The third kappa shape index (κ3) is 2.46. The zero-order chi connectivity index (χ0) is 12.3. The van der Waals surface area contributed by atoms with Crippen LogP contribution in [0.4, 0.5) is 5.82 Å². The lowest BCUT2D eigenvalue weighted by atomic mass is 10.2. The minimum absolute atomic E-state index is 0.830. The highest BCUT2D eigenvalue weighted by Gasteiger charge is 2.11. The summed E-state index contributed by atoms with van der Waals surface area (Å²) < 4.78 is 5.10. The molecule has 4 heteroatoms. The molecule has 0 amide bonds. The van der Waals surface area contributed by atoms with E-state index in [-0.39, 0.29) is 0 Å². The van der Waals surface area contributed by atoms with E-state index in [4.69, 9.17) is 4.42 Å². The molecule has 1 N–H and O–H groups in total. The average Bonchev–Trinajstić information content (AvgIpc) is 2.83. The number of aryl methyl sites for hydroxylation is 2. The summed E-state index contributed by atoms with van der Waals surface area (Å²) in [5, 5.41) is 3.30. The summed E-state index contributed by atoms with van der Waals surface area (Å²) in [7, 11) is 0. The topological polar surface area (TPSA) is 51.0 Å². The second-order valence-corrected chi connectivity index (χ2v) is 4.03. The molecule has 4 nitrogen and oxygen atoms in total. The molecule has 0 saturated carbocycles. The molecule has 0 aliphatic carbocycles. The molecule has 2 aromatic heterocycles. The van der Waals surface area contributed by atoms with Crippen LogP contribution in [0.2, 0.25) is 0 Å². The summed E-state index contributed by atoms with van der Waals surface area (Å²) in [5.41, 5.74) is 3.72. The monoisotopic (exact) mass is 231 g/mol. The van der Waals surface area contributed by atoms with Crippen LogP contribution in [0.25, 0.3) is 11.3 Å². The Balaban J connectivity index is 2.44. The normalized spacial score (nSPS) is 10.5. The molecule has 0 unspecified atom stereocenters. The molecule has 0 aromatic carbocycles. The van der Waals surface area contributed by atoms with Crippen LogP contribution in [-0.4, -0.2) is 16.5 Å². The van der Waals surface area contributed by atoms with E-state index in [2.05, 4.69) is 22.2 Å². The first-order valence-electron chi connectivity index (χ1n) is 5.84. The van der Waals surface area contributed by atoms with Gasteiger partial charge in [0.2, 0.25) is 0 Å². The van der Waals surface area contributed by atoms with Gasteiger partial charge in [-0.2, -0.15) is 0 Å². The van der Waals surface area contributed by atoms with Gasteiger partial charge < -0.3 is 9.73 Å². The van der Waals surface area contributed by atoms with Crippen molar-refractivity contribution in [3.63, 3.8) is 0 Å². The zero-order valence-corrected chi connectivity index (χ0v) is 10.4.